The normalized spacial score (nSPS) is 32.4. The zero-order chi connectivity index (χ0) is 7.72. The minimum absolute atomic E-state index is 0.206. The molecule has 1 rings (SSSR count). The summed E-state index contributed by atoms with van der Waals surface area (Å²) in [4.78, 5) is 10.2. The third-order valence-electron chi connectivity index (χ3n) is 1.73. The number of aliphatic carboxylic acids is 1. The molecule has 1 aliphatic rings. The molecule has 0 aliphatic heterocycles. The lowest BCUT2D eigenvalue weighted by Crippen LogP contribution is -2.10. The van der Waals surface area contributed by atoms with Crippen molar-refractivity contribution in [2.45, 2.75) is 12.5 Å². The van der Waals surface area contributed by atoms with Gasteiger partial charge < -0.3 is 10.2 Å². The Labute approximate surface area is 58.7 Å². The molecule has 0 aromatic rings. The first-order valence-corrected chi connectivity index (χ1v) is 3.04. The van der Waals surface area contributed by atoms with Crippen LogP contribution in [-0.2, 0) is 4.79 Å². The molecule has 0 bridgehead atoms. The lowest BCUT2D eigenvalue weighted by atomic mass is 10.2. The molecule has 0 radical (unpaired) electrons. The molecule has 2 N–H and O–H groups in total. The van der Waals surface area contributed by atoms with Crippen LogP contribution in [0, 0.1) is 24.2 Å². The number of hydrogen-bond acceptors (Lipinski definition) is 2. The molecule has 1 saturated carbocycles. The molecular weight excluding hydrogens is 132 g/mol. The Kier molecular flexibility index (Phi) is 1.64. The standard InChI is InChI=1S/C7H8O3/c1-2-6(8)4-3-5(4)7(9)10/h1,4-6,8H,3H2,(H,9,10). The molecule has 10 heavy (non-hydrogen) atoms. The van der Waals surface area contributed by atoms with Crippen LogP contribution >= 0.6 is 0 Å². The van der Waals surface area contributed by atoms with Gasteiger partial charge in [0.1, 0.15) is 6.10 Å². The minimum atomic E-state index is -0.874. The topological polar surface area (TPSA) is 57.5 Å². The van der Waals surface area contributed by atoms with Crippen molar-refractivity contribution in [1.29, 1.82) is 0 Å². The molecule has 0 amide bonds. The third-order valence-corrected chi connectivity index (χ3v) is 1.73. The highest BCUT2D eigenvalue weighted by Crippen LogP contribution is 2.40. The van der Waals surface area contributed by atoms with E-state index in [1.165, 1.54) is 0 Å². The zero-order valence-corrected chi connectivity index (χ0v) is 5.32. The molecule has 0 spiro atoms. The van der Waals surface area contributed by atoms with Gasteiger partial charge in [0, 0.05) is 5.92 Å². The van der Waals surface area contributed by atoms with Crippen LogP contribution in [-0.4, -0.2) is 22.3 Å². The lowest BCUT2D eigenvalue weighted by molar-refractivity contribution is -0.139. The van der Waals surface area contributed by atoms with Crippen LogP contribution in [0.3, 0.4) is 0 Å². The molecule has 54 valence electrons. The van der Waals surface area contributed by atoms with Gasteiger partial charge in [-0.15, -0.1) is 6.42 Å². The first kappa shape index (κ1) is 7.10. The second kappa shape index (κ2) is 2.31. The smallest absolute Gasteiger partial charge is 0.306 e. The van der Waals surface area contributed by atoms with Crippen molar-refractivity contribution < 1.29 is 15.0 Å². The van der Waals surface area contributed by atoms with Crippen molar-refractivity contribution >= 4 is 5.97 Å². The summed E-state index contributed by atoms with van der Waals surface area (Å²) in [6, 6.07) is 0. The molecule has 0 aromatic heterocycles. The SMILES string of the molecule is C#CC(O)C1CC1C(=O)O. The minimum Gasteiger partial charge on any atom is -0.481 e. The Morgan fingerprint density at radius 1 is 1.80 bits per heavy atom. The van der Waals surface area contributed by atoms with Gasteiger partial charge >= 0.3 is 5.97 Å². The number of aliphatic hydroxyl groups is 1. The second-order valence-electron chi connectivity index (χ2n) is 2.46. The van der Waals surface area contributed by atoms with Crippen LogP contribution in [0.1, 0.15) is 6.42 Å². The summed E-state index contributed by atoms with van der Waals surface area (Å²) in [5, 5.41) is 17.3. The van der Waals surface area contributed by atoms with Crippen LogP contribution < -0.4 is 0 Å². The summed E-state index contributed by atoms with van der Waals surface area (Å²) < 4.78 is 0. The molecule has 3 atom stereocenters. The molecule has 1 fully saturated rings. The van der Waals surface area contributed by atoms with Gasteiger partial charge in [-0.05, 0) is 6.42 Å². The summed E-state index contributed by atoms with van der Waals surface area (Å²) in [5.41, 5.74) is 0. The van der Waals surface area contributed by atoms with Crippen molar-refractivity contribution in [1.82, 2.24) is 0 Å². The van der Waals surface area contributed by atoms with E-state index in [1.54, 1.807) is 0 Å². The van der Waals surface area contributed by atoms with E-state index < -0.39 is 18.0 Å². The molecule has 1 aliphatic carbocycles. The molecule has 3 nitrogen and oxygen atoms in total. The number of carbonyl (C=O) groups is 1. The average molecular weight is 140 g/mol. The summed E-state index contributed by atoms with van der Waals surface area (Å²) in [5.74, 6) is 0.625. The monoisotopic (exact) mass is 140 g/mol. The number of carboxylic acid groups (broad SMARTS) is 1. The zero-order valence-electron chi connectivity index (χ0n) is 5.32. The summed E-state index contributed by atoms with van der Waals surface area (Å²) >= 11 is 0. The Bertz CT molecular complexity index is 192. The van der Waals surface area contributed by atoms with Crippen LogP contribution in [0.5, 0.6) is 0 Å². The molecule has 0 heterocycles. The Balaban J connectivity index is 2.40. The van der Waals surface area contributed by atoms with E-state index in [0.717, 1.165) is 0 Å². The molecule has 3 unspecified atom stereocenters. The van der Waals surface area contributed by atoms with Crippen LogP contribution in [0.2, 0.25) is 0 Å². The maximum Gasteiger partial charge on any atom is 0.306 e. The Morgan fingerprint density at radius 3 is 2.70 bits per heavy atom. The van der Waals surface area contributed by atoms with E-state index in [-0.39, 0.29) is 5.92 Å². The predicted octanol–water partition coefficient (Wildman–Crippen LogP) is -0.299. The van der Waals surface area contributed by atoms with E-state index in [4.69, 9.17) is 16.6 Å². The van der Waals surface area contributed by atoms with Gasteiger partial charge in [0.15, 0.2) is 0 Å². The maximum absolute atomic E-state index is 10.2. The third kappa shape index (κ3) is 1.12. The van der Waals surface area contributed by atoms with Gasteiger partial charge in [0.25, 0.3) is 0 Å². The van der Waals surface area contributed by atoms with Gasteiger partial charge in [-0.1, -0.05) is 5.92 Å². The van der Waals surface area contributed by atoms with E-state index in [0.29, 0.717) is 6.42 Å². The van der Waals surface area contributed by atoms with E-state index in [1.807, 2.05) is 0 Å². The number of rotatable bonds is 2. The molecule has 0 aromatic carbocycles. The number of hydrogen-bond donors (Lipinski definition) is 2. The lowest BCUT2D eigenvalue weighted by Gasteiger charge is -1.97. The Morgan fingerprint density at radius 2 is 2.40 bits per heavy atom. The summed E-state index contributed by atoms with van der Waals surface area (Å²) in [6.07, 6.45) is 4.52. The summed E-state index contributed by atoms with van der Waals surface area (Å²) in [6.45, 7) is 0. The largest absolute Gasteiger partial charge is 0.481 e. The van der Waals surface area contributed by atoms with Gasteiger partial charge in [-0.2, -0.15) is 0 Å². The maximum atomic E-state index is 10.2. The predicted molar refractivity (Wildman–Crippen MR) is 34.1 cm³/mol. The van der Waals surface area contributed by atoms with Crippen LogP contribution in [0.15, 0.2) is 0 Å². The number of terminal acetylenes is 1. The highest BCUT2D eigenvalue weighted by molar-refractivity contribution is 5.73. The number of aliphatic hydroxyl groups excluding tert-OH is 1. The van der Waals surface area contributed by atoms with E-state index >= 15 is 0 Å². The van der Waals surface area contributed by atoms with Gasteiger partial charge in [-0.25, -0.2) is 0 Å². The van der Waals surface area contributed by atoms with Crippen molar-refractivity contribution in [3.63, 3.8) is 0 Å². The fraction of sp³-hybridized carbons (Fsp3) is 0.571. The summed E-state index contributed by atoms with van der Waals surface area (Å²) in [7, 11) is 0. The quantitative estimate of drug-likeness (QED) is 0.518. The fourth-order valence-electron chi connectivity index (χ4n) is 0.971. The molecule has 3 heteroatoms. The Hall–Kier alpha value is -1.01. The van der Waals surface area contributed by atoms with Crippen LogP contribution in [0.25, 0.3) is 0 Å². The highest BCUT2D eigenvalue weighted by atomic mass is 16.4. The van der Waals surface area contributed by atoms with Crippen molar-refractivity contribution in [3.8, 4) is 12.3 Å². The van der Waals surface area contributed by atoms with Crippen molar-refractivity contribution in [2.75, 3.05) is 0 Å². The van der Waals surface area contributed by atoms with Gasteiger partial charge in [-0.3, -0.25) is 4.79 Å². The average Bonchev–Trinajstić information content (AvgIpc) is 2.64. The molecular formula is C7H8O3. The van der Waals surface area contributed by atoms with E-state index in [9.17, 15) is 4.79 Å². The first-order valence-electron chi connectivity index (χ1n) is 3.04. The van der Waals surface area contributed by atoms with Crippen molar-refractivity contribution in [2.24, 2.45) is 11.8 Å². The van der Waals surface area contributed by atoms with Gasteiger partial charge in [0.2, 0.25) is 0 Å². The fourth-order valence-corrected chi connectivity index (χ4v) is 0.971. The van der Waals surface area contributed by atoms with Crippen molar-refractivity contribution in [3.05, 3.63) is 0 Å². The second-order valence-corrected chi connectivity index (χ2v) is 2.46. The van der Waals surface area contributed by atoms with E-state index in [2.05, 4.69) is 5.92 Å². The first-order chi connectivity index (χ1) is 4.66. The van der Waals surface area contributed by atoms with Crippen LogP contribution in [0.4, 0.5) is 0 Å². The van der Waals surface area contributed by atoms with Gasteiger partial charge in [0.05, 0.1) is 5.92 Å². The number of carboxylic acids is 1. The highest BCUT2D eigenvalue weighted by Gasteiger charge is 2.47. The molecule has 0 saturated heterocycles.